The van der Waals surface area contributed by atoms with Crippen LogP contribution in [0.5, 0.6) is 0 Å². The number of fused-ring (bicyclic) bond motifs is 1. The monoisotopic (exact) mass is 223 g/mol. The van der Waals surface area contributed by atoms with Gasteiger partial charge in [-0.15, -0.1) is 0 Å². The van der Waals surface area contributed by atoms with E-state index in [9.17, 15) is 9.59 Å². The maximum Gasteiger partial charge on any atom is 0.234 e. The Balaban J connectivity index is 2.06. The summed E-state index contributed by atoms with van der Waals surface area (Å²) in [5.74, 6) is 0.302. The summed E-state index contributed by atoms with van der Waals surface area (Å²) < 4.78 is 0. The van der Waals surface area contributed by atoms with Crippen molar-refractivity contribution in [1.29, 1.82) is 0 Å². The molecule has 3 unspecified atom stereocenters. The summed E-state index contributed by atoms with van der Waals surface area (Å²) in [7, 11) is 0. The Morgan fingerprint density at radius 2 is 2.06 bits per heavy atom. The highest BCUT2D eigenvalue weighted by Gasteiger charge is 2.50. The fourth-order valence-corrected chi connectivity index (χ4v) is 2.83. The SMILES string of the molecule is CCC(C)C(=O)N1C(=O)C2CCCCCC21. The topological polar surface area (TPSA) is 37.4 Å². The molecule has 1 heterocycles. The molecule has 0 bridgehead atoms. The zero-order chi connectivity index (χ0) is 11.7. The highest BCUT2D eigenvalue weighted by molar-refractivity contribution is 6.02. The number of carbonyl (C=O) groups excluding carboxylic acids is 2. The van der Waals surface area contributed by atoms with E-state index < -0.39 is 0 Å². The van der Waals surface area contributed by atoms with E-state index in [1.807, 2.05) is 13.8 Å². The van der Waals surface area contributed by atoms with Crippen molar-refractivity contribution in [3.8, 4) is 0 Å². The van der Waals surface area contributed by atoms with Crippen molar-refractivity contribution in [3.05, 3.63) is 0 Å². The normalized spacial score (nSPS) is 31.4. The first-order chi connectivity index (χ1) is 7.66. The van der Waals surface area contributed by atoms with Gasteiger partial charge in [0.25, 0.3) is 0 Å². The number of rotatable bonds is 2. The van der Waals surface area contributed by atoms with Crippen molar-refractivity contribution in [2.24, 2.45) is 11.8 Å². The molecule has 1 aliphatic heterocycles. The van der Waals surface area contributed by atoms with Gasteiger partial charge in [0.15, 0.2) is 0 Å². The van der Waals surface area contributed by atoms with Crippen LogP contribution in [-0.4, -0.2) is 22.8 Å². The highest BCUT2D eigenvalue weighted by Crippen LogP contribution is 2.38. The molecule has 1 aliphatic carbocycles. The summed E-state index contributed by atoms with van der Waals surface area (Å²) in [4.78, 5) is 25.5. The summed E-state index contributed by atoms with van der Waals surface area (Å²) in [6, 6.07) is 0.233. The van der Waals surface area contributed by atoms with Crippen LogP contribution < -0.4 is 0 Å². The molecule has 3 atom stereocenters. The lowest BCUT2D eigenvalue weighted by molar-refractivity contribution is -0.168. The van der Waals surface area contributed by atoms with E-state index >= 15 is 0 Å². The molecule has 0 aromatic heterocycles. The number of hydrogen-bond acceptors (Lipinski definition) is 2. The molecular weight excluding hydrogens is 202 g/mol. The Morgan fingerprint density at radius 1 is 1.38 bits per heavy atom. The fourth-order valence-electron chi connectivity index (χ4n) is 2.83. The first kappa shape index (κ1) is 11.6. The number of likely N-dealkylation sites (tertiary alicyclic amines) is 1. The van der Waals surface area contributed by atoms with Gasteiger partial charge in [0, 0.05) is 5.92 Å². The third-order valence-electron chi connectivity index (χ3n) is 4.14. The number of nitrogens with zero attached hydrogens (tertiary/aromatic N) is 1. The van der Waals surface area contributed by atoms with E-state index in [4.69, 9.17) is 0 Å². The second-order valence-corrected chi connectivity index (χ2v) is 5.17. The number of imide groups is 1. The smallest absolute Gasteiger partial charge is 0.234 e. The molecule has 2 amide bonds. The van der Waals surface area contributed by atoms with Crippen molar-refractivity contribution in [2.45, 2.75) is 58.4 Å². The molecule has 0 spiro atoms. The first-order valence-electron chi connectivity index (χ1n) is 6.53. The van der Waals surface area contributed by atoms with E-state index in [1.165, 1.54) is 12.8 Å². The van der Waals surface area contributed by atoms with Crippen molar-refractivity contribution in [3.63, 3.8) is 0 Å². The molecule has 0 radical (unpaired) electrons. The predicted molar refractivity (Wildman–Crippen MR) is 61.7 cm³/mol. The lowest BCUT2D eigenvalue weighted by Crippen LogP contribution is -2.63. The molecule has 0 aromatic rings. The highest BCUT2D eigenvalue weighted by atomic mass is 16.2. The minimum Gasteiger partial charge on any atom is -0.278 e. The molecule has 2 aliphatic rings. The Hall–Kier alpha value is -0.860. The van der Waals surface area contributed by atoms with Gasteiger partial charge in [0.1, 0.15) is 0 Å². The average Bonchev–Trinajstić information content (AvgIpc) is 2.50. The predicted octanol–water partition coefficient (Wildman–Crippen LogP) is 2.35. The zero-order valence-corrected chi connectivity index (χ0v) is 10.2. The van der Waals surface area contributed by atoms with E-state index in [0.717, 1.165) is 25.7 Å². The summed E-state index contributed by atoms with van der Waals surface area (Å²) >= 11 is 0. The van der Waals surface area contributed by atoms with Crippen LogP contribution in [-0.2, 0) is 9.59 Å². The van der Waals surface area contributed by atoms with Crippen LogP contribution in [0.25, 0.3) is 0 Å². The van der Waals surface area contributed by atoms with E-state index in [1.54, 1.807) is 4.90 Å². The number of β-lactam (4-membered cyclic amide) rings is 1. The molecule has 16 heavy (non-hydrogen) atoms. The average molecular weight is 223 g/mol. The lowest BCUT2D eigenvalue weighted by Gasteiger charge is -2.46. The van der Waals surface area contributed by atoms with Crippen molar-refractivity contribution >= 4 is 11.8 Å². The van der Waals surface area contributed by atoms with Crippen LogP contribution in [0, 0.1) is 11.8 Å². The van der Waals surface area contributed by atoms with Gasteiger partial charge in [-0.3, -0.25) is 14.5 Å². The maximum atomic E-state index is 12.0. The Morgan fingerprint density at radius 3 is 2.75 bits per heavy atom. The number of hydrogen-bond donors (Lipinski definition) is 0. The minimum absolute atomic E-state index is 0.00634. The molecule has 3 nitrogen and oxygen atoms in total. The maximum absolute atomic E-state index is 12.0. The number of carbonyl (C=O) groups is 2. The largest absolute Gasteiger partial charge is 0.278 e. The van der Waals surface area contributed by atoms with Crippen LogP contribution in [0.3, 0.4) is 0 Å². The van der Waals surface area contributed by atoms with E-state index in [2.05, 4.69) is 0 Å². The standard InChI is InChI=1S/C13H21NO2/c1-3-9(2)12(15)14-11-8-6-4-5-7-10(11)13(14)16/h9-11H,3-8H2,1-2H3. The Bertz CT molecular complexity index is 300. The van der Waals surface area contributed by atoms with Crippen molar-refractivity contribution in [2.75, 3.05) is 0 Å². The molecule has 2 rings (SSSR count). The van der Waals surface area contributed by atoms with Crippen molar-refractivity contribution in [1.82, 2.24) is 4.90 Å². The molecule has 1 saturated heterocycles. The van der Waals surface area contributed by atoms with Crippen LogP contribution in [0.2, 0.25) is 0 Å². The second-order valence-electron chi connectivity index (χ2n) is 5.17. The Labute approximate surface area is 97.2 Å². The van der Waals surface area contributed by atoms with Crippen LogP contribution in [0.4, 0.5) is 0 Å². The fraction of sp³-hybridized carbons (Fsp3) is 0.846. The molecule has 2 fully saturated rings. The number of amides is 2. The summed E-state index contributed by atoms with van der Waals surface area (Å²) in [5.41, 5.74) is 0. The summed E-state index contributed by atoms with van der Waals surface area (Å²) in [5, 5.41) is 0. The van der Waals surface area contributed by atoms with E-state index in [-0.39, 0.29) is 29.7 Å². The van der Waals surface area contributed by atoms with E-state index in [0.29, 0.717) is 0 Å². The second kappa shape index (κ2) is 4.56. The lowest BCUT2D eigenvalue weighted by atomic mass is 9.82. The molecule has 90 valence electrons. The molecule has 0 N–H and O–H groups in total. The third kappa shape index (κ3) is 1.76. The van der Waals surface area contributed by atoms with Crippen LogP contribution in [0.1, 0.15) is 52.4 Å². The van der Waals surface area contributed by atoms with Crippen LogP contribution >= 0.6 is 0 Å². The van der Waals surface area contributed by atoms with Gasteiger partial charge in [0.2, 0.25) is 11.8 Å². The molecular formula is C13H21NO2. The minimum atomic E-state index is -0.00634. The van der Waals surface area contributed by atoms with Gasteiger partial charge in [-0.25, -0.2) is 0 Å². The van der Waals surface area contributed by atoms with Crippen molar-refractivity contribution < 1.29 is 9.59 Å². The van der Waals surface area contributed by atoms with Gasteiger partial charge in [-0.05, 0) is 19.3 Å². The quantitative estimate of drug-likeness (QED) is 0.674. The molecule has 0 aromatic carbocycles. The van der Waals surface area contributed by atoms with Gasteiger partial charge in [-0.1, -0.05) is 33.1 Å². The Kier molecular flexibility index (Phi) is 3.31. The zero-order valence-electron chi connectivity index (χ0n) is 10.2. The van der Waals surface area contributed by atoms with Gasteiger partial charge >= 0.3 is 0 Å². The summed E-state index contributed by atoms with van der Waals surface area (Å²) in [6.07, 6.45) is 6.37. The van der Waals surface area contributed by atoms with Gasteiger partial charge in [-0.2, -0.15) is 0 Å². The summed E-state index contributed by atoms with van der Waals surface area (Å²) in [6.45, 7) is 3.91. The molecule has 1 saturated carbocycles. The molecule has 3 heteroatoms. The van der Waals surface area contributed by atoms with Gasteiger partial charge < -0.3 is 0 Å². The first-order valence-corrected chi connectivity index (χ1v) is 6.53. The van der Waals surface area contributed by atoms with Crippen LogP contribution in [0.15, 0.2) is 0 Å². The van der Waals surface area contributed by atoms with Gasteiger partial charge in [0.05, 0.1) is 12.0 Å². The third-order valence-corrected chi connectivity index (χ3v) is 4.14.